The number of rotatable bonds is 9. The molecule has 0 fully saturated rings. The molecule has 0 spiro atoms. The quantitative estimate of drug-likeness (QED) is 0.524. The molecule has 7 heteroatoms. The zero-order valence-electron chi connectivity index (χ0n) is 17.6. The molecule has 3 aromatic rings. The Morgan fingerprint density at radius 1 is 1.16 bits per heavy atom. The van der Waals surface area contributed by atoms with E-state index in [1.54, 1.807) is 23.7 Å². The van der Waals surface area contributed by atoms with E-state index in [1.165, 1.54) is 12.1 Å². The molecule has 0 saturated heterocycles. The van der Waals surface area contributed by atoms with Crippen molar-refractivity contribution in [2.24, 2.45) is 0 Å². The van der Waals surface area contributed by atoms with Gasteiger partial charge in [0.05, 0.1) is 24.6 Å². The number of ketones is 1. The zero-order chi connectivity index (χ0) is 22.6. The van der Waals surface area contributed by atoms with E-state index in [9.17, 15) is 19.4 Å². The second-order valence-electron chi connectivity index (χ2n) is 8.08. The molecule has 2 aromatic carbocycles. The third-order valence-corrected chi connectivity index (χ3v) is 5.64. The largest absolute Gasteiger partial charge is 0.395 e. The van der Waals surface area contributed by atoms with Gasteiger partial charge in [0, 0.05) is 29.0 Å². The Labute approximate surface area is 186 Å². The monoisotopic (exact) mass is 444 g/mol. The van der Waals surface area contributed by atoms with Gasteiger partial charge in [-0.15, -0.1) is 0 Å². The van der Waals surface area contributed by atoms with Crippen molar-refractivity contribution in [1.29, 1.82) is 0 Å². The minimum Gasteiger partial charge on any atom is -0.395 e. The number of hydrogen-bond acceptors (Lipinski definition) is 4. The maximum Gasteiger partial charge on any atom is 0.137 e. The molecule has 164 valence electrons. The van der Waals surface area contributed by atoms with Crippen molar-refractivity contribution in [1.82, 2.24) is 9.78 Å². The van der Waals surface area contributed by atoms with Gasteiger partial charge in [-0.25, -0.2) is 9.07 Å². The number of hydrogen-bond donors (Lipinski definition) is 2. The molecule has 1 heterocycles. The van der Waals surface area contributed by atoms with E-state index in [4.69, 9.17) is 11.6 Å². The first-order valence-electron chi connectivity index (χ1n) is 10.1. The molecule has 0 aliphatic heterocycles. The van der Waals surface area contributed by atoms with Crippen molar-refractivity contribution in [2.45, 2.75) is 38.5 Å². The summed E-state index contributed by atoms with van der Waals surface area (Å²) in [5, 5.41) is 24.1. The molecule has 0 unspecified atom stereocenters. The number of aromatic nitrogens is 2. The zero-order valence-corrected chi connectivity index (χ0v) is 18.4. The number of nitrogens with zero attached hydrogens (tertiary/aromatic N) is 2. The predicted octanol–water partition coefficient (Wildman–Crippen LogP) is 3.96. The standard InChI is InChI=1S/C24H26ClFN2O3/c1-16-10-20(28(27-16)19-5-3-4-18(25)13-19)7-8-21(31)11-17-6-9-22(23(26)12-17)24(2,14-29)15-30/h3-6,9-10,12-13,29-30H,7-8,11,14-15H2,1-2H3. The van der Waals surface area contributed by atoms with Gasteiger partial charge in [0.2, 0.25) is 0 Å². The maximum absolute atomic E-state index is 14.5. The highest BCUT2D eigenvalue weighted by Gasteiger charge is 2.28. The van der Waals surface area contributed by atoms with Crippen molar-refractivity contribution in [3.8, 4) is 5.69 Å². The normalized spacial score (nSPS) is 11.7. The number of aliphatic hydroxyl groups excluding tert-OH is 2. The van der Waals surface area contributed by atoms with Gasteiger partial charge in [-0.3, -0.25) is 4.79 Å². The van der Waals surface area contributed by atoms with Crippen molar-refractivity contribution >= 4 is 17.4 Å². The van der Waals surface area contributed by atoms with Crippen LogP contribution in [0.25, 0.3) is 5.69 Å². The van der Waals surface area contributed by atoms with Crippen LogP contribution in [0.1, 0.15) is 35.9 Å². The van der Waals surface area contributed by atoms with E-state index in [2.05, 4.69) is 5.10 Å². The molecule has 2 N–H and O–H groups in total. The molecule has 0 radical (unpaired) electrons. The Balaban J connectivity index is 1.68. The van der Waals surface area contributed by atoms with Crippen LogP contribution in [-0.4, -0.2) is 39.0 Å². The summed E-state index contributed by atoms with van der Waals surface area (Å²) in [6.45, 7) is 2.72. The van der Waals surface area contributed by atoms with E-state index in [1.807, 2.05) is 31.2 Å². The van der Waals surface area contributed by atoms with Gasteiger partial charge in [-0.05, 0) is 54.8 Å². The summed E-state index contributed by atoms with van der Waals surface area (Å²) in [6.07, 6.45) is 0.899. The van der Waals surface area contributed by atoms with Crippen LogP contribution in [0.4, 0.5) is 4.39 Å². The molecule has 0 aliphatic rings. The van der Waals surface area contributed by atoms with E-state index >= 15 is 0 Å². The molecule has 0 saturated carbocycles. The number of Topliss-reactive ketones (excluding diaryl/α,β-unsaturated/α-hetero) is 1. The minimum atomic E-state index is -1.07. The van der Waals surface area contributed by atoms with E-state index in [0.717, 1.165) is 17.1 Å². The lowest BCUT2D eigenvalue weighted by molar-refractivity contribution is -0.118. The average molecular weight is 445 g/mol. The Hall–Kier alpha value is -2.54. The Bertz CT molecular complexity index is 1080. The van der Waals surface area contributed by atoms with Crippen molar-refractivity contribution in [2.75, 3.05) is 13.2 Å². The van der Waals surface area contributed by atoms with Crippen LogP contribution in [0.2, 0.25) is 5.02 Å². The molecular formula is C24H26ClFN2O3. The molecule has 3 rings (SSSR count). The lowest BCUT2D eigenvalue weighted by Gasteiger charge is -2.25. The second-order valence-corrected chi connectivity index (χ2v) is 8.51. The van der Waals surface area contributed by atoms with E-state index in [0.29, 0.717) is 23.4 Å². The SMILES string of the molecule is Cc1cc(CCC(=O)Cc2ccc(C(C)(CO)CO)c(F)c2)n(-c2cccc(Cl)c2)n1. The van der Waals surface area contributed by atoms with Crippen LogP contribution >= 0.6 is 11.6 Å². The predicted molar refractivity (Wildman–Crippen MR) is 118 cm³/mol. The van der Waals surface area contributed by atoms with E-state index < -0.39 is 11.2 Å². The van der Waals surface area contributed by atoms with Gasteiger partial charge < -0.3 is 10.2 Å². The molecule has 5 nitrogen and oxygen atoms in total. The number of benzene rings is 2. The molecule has 0 aliphatic carbocycles. The summed E-state index contributed by atoms with van der Waals surface area (Å²) in [7, 11) is 0. The highest BCUT2D eigenvalue weighted by molar-refractivity contribution is 6.30. The Morgan fingerprint density at radius 3 is 2.55 bits per heavy atom. The number of aryl methyl sites for hydroxylation is 2. The maximum atomic E-state index is 14.5. The first-order chi connectivity index (χ1) is 14.8. The lowest BCUT2D eigenvalue weighted by atomic mass is 9.83. The number of aliphatic hydroxyl groups is 2. The van der Waals surface area contributed by atoms with Gasteiger partial charge in [-0.1, -0.05) is 36.7 Å². The molecule has 0 atom stereocenters. The first kappa shape index (κ1) is 23.1. The highest BCUT2D eigenvalue weighted by Crippen LogP contribution is 2.26. The number of carbonyl (C=O) groups excluding carboxylic acids is 1. The smallest absolute Gasteiger partial charge is 0.137 e. The summed E-state index contributed by atoms with van der Waals surface area (Å²) in [4.78, 5) is 12.5. The van der Waals surface area contributed by atoms with Crippen LogP contribution in [0.5, 0.6) is 0 Å². The topological polar surface area (TPSA) is 75.3 Å². The molecule has 1 aromatic heterocycles. The minimum absolute atomic E-state index is 0.0178. The van der Waals surface area contributed by atoms with Crippen LogP contribution in [0.15, 0.2) is 48.5 Å². The van der Waals surface area contributed by atoms with Crippen LogP contribution in [0.3, 0.4) is 0 Å². The first-order valence-corrected chi connectivity index (χ1v) is 10.5. The van der Waals surface area contributed by atoms with E-state index in [-0.39, 0.29) is 31.0 Å². The van der Waals surface area contributed by atoms with Crippen molar-refractivity contribution in [3.63, 3.8) is 0 Å². The van der Waals surface area contributed by atoms with Crippen LogP contribution < -0.4 is 0 Å². The van der Waals surface area contributed by atoms with Gasteiger partial charge in [0.1, 0.15) is 11.6 Å². The average Bonchev–Trinajstić information content (AvgIpc) is 3.12. The fourth-order valence-electron chi connectivity index (χ4n) is 3.52. The Kier molecular flexibility index (Phi) is 7.26. The van der Waals surface area contributed by atoms with Gasteiger partial charge >= 0.3 is 0 Å². The van der Waals surface area contributed by atoms with Crippen molar-refractivity contribution in [3.05, 3.63) is 81.9 Å². The lowest BCUT2D eigenvalue weighted by Crippen LogP contribution is -2.32. The van der Waals surface area contributed by atoms with Crippen LogP contribution in [-0.2, 0) is 23.1 Å². The summed E-state index contributed by atoms with van der Waals surface area (Å²) in [5.74, 6) is -0.554. The fraction of sp³-hybridized carbons (Fsp3) is 0.333. The third kappa shape index (κ3) is 5.39. The highest BCUT2D eigenvalue weighted by atomic mass is 35.5. The number of carbonyl (C=O) groups is 1. The molecular weight excluding hydrogens is 419 g/mol. The summed E-state index contributed by atoms with van der Waals surface area (Å²) >= 11 is 6.09. The molecule has 0 amide bonds. The summed E-state index contributed by atoms with van der Waals surface area (Å²) < 4.78 is 16.3. The molecule has 0 bridgehead atoms. The third-order valence-electron chi connectivity index (χ3n) is 5.40. The summed E-state index contributed by atoms with van der Waals surface area (Å²) in [5.41, 5.74) is 2.30. The molecule has 31 heavy (non-hydrogen) atoms. The van der Waals surface area contributed by atoms with Crippen LogP contribution in [0, 0.1) is 12.7 Å². The summed E-state index contributed by atoms with van der Waals surface area (Å²) in [6, 6.07) is 13.8. The van der Waals surface area contributed by atoms with Gasteiger partial charge in [0.15, 0.2) is 0 Å². The number of halogens is 2. The van der Waals surface area contributed by atoms with Crippen molar-refractivity contribution < 1.29 is 19.4 Å². The Morgan fingerprint density at radius 2 is 1.90 bits per heavy atom. The van der Waals surface area contributed by atoms with Gasteiger partial charge in [0.25, 0.3) is 0 Å². The van der Waals surface area contributed by atoms with Gasteiger partial charge in [-0.2, -0.15) is 5.10 Å². The fourth-order valence-corrected chi connectivity index (χ4v) is 3.71. The second kappa shape index (κ2) is 9.73.